The van der Waals surface area contributed by atoms with Crippen LogP contribution in [0, 0.1) is 24.6 Å². The molecular formula is C28H26FN7O. The zero-order chi connectivity index (χ0) is 25.9. The van der Waals surface area contributed by atoms with E-state index in [4.69, 9.17) is 5.73 Å². The van der Waals surface area contributed by atoms with E-state index in [0.717, 1.165) is 31.7 Å². The number of carbonyl (C=O) groups is 1. The number of rotatable bonds is 3. The number of fused-ring (bicyclic) bond motifs is 1. The molecule has 1 amide bonds. The second kappa shape index (κ2) is 10.2. The number of aryl methyl sites for hydroxylation is 1. The zero-order valence-corrected chi connectivity index (χ0v) is 20.6. The molecule has 0 atom stereocenters. The summed E-state index contributed by atoms with van der Waals surface area (Å²) in [7, 11) is 2.09. The smallest absolute Gasteiger partial charge is 0.255 e. The van der Waals surface area contributed by atoms with Crippen molar-refractivity contribution in [1.29, 1.82) is 0 Å². The lowest BCUT2D eigenvalue weighted by Crippen LogP contribution is -2.45. The van der Waals surface area contributed by atoms with Gasteiger partial charge in [-0.05, 0) is 49.9 Å². The number of hydrogen-bond donors (Lipinski definition) is 2. The molecule has 186 valence electrons. The molecule has 1 aliphatic rings. The number of aromatic nitrogens is 3. The molecule has 0 spiro atoms. The molecule has 0 unspecified atom stereocenters. The number of amides is 1. The molecule has 37 heavy (non-hydrogen) atoms. The zero-order valence-electron chi connectivity index (χ0n) is 20.6. The Labute approximate surface area is 214 Å². The number of likely N-dealkylation sites (N-methyl/N-ethyl adjacent to an activating group) is 1. The predicted molar refractivity (Wildman–Crippen MR) is 143 cm³/mol. The second-order valence-electron chi connectivity index (χ2n) is 9.05. The predicted octanol–water partition coefficient (Wildman–Crippen LogP) is 3.46. The highest BCUT2D eigenvalue weighted by Crippen LogP contribution is 2.23. The summed E-state index contributed by atoms with van der Waals surface area (Å²) in [5, 5.41) is 3.39. The van der Waals surface area contributed by atoms with Crippen LogP contribution in [0.2, 0.25) is 0 Å². The highest BCUT2D eigenvalue weighted by molar-refractivity contribution is 6.04. The lowest BCUT2D eigenvalue weighted by atomic mass is 10.0. The Morgan fingerprint density at radius 2 is 1.76 bits per heavy atom. The van der Waals surface area contributed by atoms with Crippen molar-refractivity contribution in [3.05, 3.63) is 83.1 Å². The Balaban J connectivity index is 1.35. The molecule has 2 aromatic heterocycles. The number of nitrogens with two attached hydrogens (primary N) is 1. The van der Waals surface area contributed by atoms with Crippen LogP contribution in [0.3, 0.4) is 0 Å². The number of pyridine rings is 1. The number of piperazine rings is 1. The Kier molecular flexibility index (Phi) is 6.66. The molecule has 5 rings (SSSR count). The molecule has 0 saturated carbocycles. The summed E-state index contributed by atoms with van der Waals surface area (Å²) in [6.07, 6.45) is 4.74. The first-order valence-corrected chi connectivity index (χ1v) is 11.9. The maximum atomic E-state index is 13.9. The maximum Gasteiger partial charge on any atom is 0.255 e. The van der Waals surface area contributed by atoms with Crippen molar-refractivity contribution in [3.63, 3.8) is 0 Å². The largest absolute Gasteiger partial charge is 0.396 e. The summed E-state index contributed by atoms with van der Waals surface area (Å²) >= 11 is 0. The van der Waals surface area contributed by atoms with Crippen molar-refractivity contribution in [2.24, 2.45) is 0 Å². The highest BCUT2D eigenvalue weighted by Gasteiger charge is 2.16. The molecule has 1 aliphatic heterocycles. The number of carbonyl (C=O) groups excluding carboxylic acids is 1. The number of anilines is 3. The molecule has 3 heterocycles. The minimum absolute atomic E-state index is 0.296. The van der Waals surface area contributed by atoms with E-state index in [2.05, 4.69) is 49.0 Å². The number of halogens is 1. The first-order chi connectivity index (χ1) is 17.9. The number of hydrogen-bond acceptors (Lipinski definition) is 7. The summed E-state index contributed by atoms with van der Waals surface area (Å²) < 4.78 is 13.9. The van der Waals surface area contributed by atoms with Gasteiger partial charge in [0.05, 0.1) is 41.0 Å². The van der Waals surface area contributed by atoms with Crippen molar-refractivity contribution in [2.75, 3.05) is 49.2 Å². The second-order valence-corrected chi connectivity index (χ2v) is 9.05. The molecule has 0 aliphatic carbocycles. The molecule has 1 saturated heterocycles. The van der Waals surface area contributed by atoms with Crippen LogP contribution in [0.1, 0.15) is 27.0 Å². The van der Waals surface area contributed by atoms with Crippen molar-refractivity contribution >= 4 is 34.1 Å². The van der Waals surface area contributed by atoms with E-state index in [9.17, 15) is 9.18 Å². The summed E-state index contributed by atoms with van der Waals surface area (Å²) in [5.74, 6) is 6.12. The van der Waals surface area contributed by atoms with Crippen LogP contribution < -0.4 is 16.0 Å². The summed E-state index contributed by atoms with van der Waals surface area (Å²) in [4.78, 5) is 30.4. The third kappa shape index (κ3) is 5.34. The number of nitrogen functional groups attached to an aromatic ring is 1. The summed E-state index contributed by atoms with van der Waals surface area (Å²) in [6.45, 7) is 5.56. The Hall–Kier alpha value is -4.55. The minimum Gasteiger partial charge on any atom is -0.396 e. The van der Waals surface area contributed by atoms with E-state index in [1.165, 1.54) is 18.3 Å². The van der Waals surface area contributed by atoms with Gasteiger partial charge in [0.2, 0.25) is 5.95 Å². The van der Waals surface area contributed by atoms with E-state index in [1.807, 2.05) is 13.0 Å². The maximum absolute atomic E-state index is 13.9. The van der Waals surface area contributed by atoms with Crippen LogP contribution in [-0.2, 0) is 0 Å². The Bertz CT molecular complexity index is 1530. The third-order valence-corrected chi connectivity index (χ3v) is 6.36. The third-order valence-electron chi connectivity index (χ3n) is 6.36. The average molecular weight is 496 g/mol. The van der Waals surface area contributed by atoms with Gasteiger partial charge < -0.3 is 20.9 Å². The van der Waals surface area contributed by atoms with E-state index in [-0.39, 0.29) is 5.91 Å². The van der Waals surface area contributed by atoms with Gasteiger partial charge >= 0.3 is 0 Å². The molecule has 0 radical (unpaired) electrons. The fraction of sp³-hybridized carbons (Fsp3) is 0.214. The van der Waals surface area contributed by atoms with E-state index < -0.39 is 5.82 Å². The van der Waals surface area contributed by atoms with Gasteiger partial charge in [-0.1, -0.05) is 17.9 Å². The highest BCUT2D eigenvalue weighted by atomic mass is 19.1. The van der Waals surface area contributed by atoms with Crippen molar-refractivity contribution < 1.29 is 9.18 Å². The van der Waals surface area contributed by atoms with Gasteiger partial charge in [0, 0.05) is 42.7 Å². The molecule has 2 aromatic carbocycles. The number of nitrogens with zero attached hydrogens (tertiary/aromatic N) is 5. The lowest BCUT2D eigenvalue weighted by Gasteiger charge is -2.32. The van der Waals surface area contributed by atoms with Gasteiger partial charge in [0.1, 0.15) is 5.82 Å². The average Bonchev–Trinajstić information content (AvgIpc) is 2.90. The fourth-order valence-corrected chi connectivity index (χ4v) is 4.11. The van der Waals surface area contributed by atoms with Gasteiger partial charge in [0.15, 0.2) is 0 Å². The topological polar surface area (TPSA) is 100 Å². The normalized spacial score (nSPS) is 13.8. The summed E-state index contributed by atoms with van der Waals surface area (Å²) in [5.41, 5.74) is 10.1. The first-order valence-electron chi connectivity index (χ1n) is 11.9. The fourth-order valence-electron chi connectivity index (χ4n) is 4.11. The molecule has 3 N–H and O–H groups in total. The van der Waals surface area contributed by atoms with Crippen LogP contribution in [0.25, 0.3) is 10.9 Å². The Morgan fingerprint density at radius 3 is 2.51 bits per heavy atom. The quantitative estimate of drug-likeness (QED) is 0.420. The molecular weight excluding hydrogens is 469 g/mol. The lowest BCUT2D eigenvalue weighted by molar-refractivity contribution is 0.102. The number of benzene rings is 2. The first kappa shape index (κ1) is 24.2. The SMILES string of the molecule is Cc1ccc(C(=O)Nc2cnc(N3CCN(C)CC3)nc2)cc1C#Cc1c(N)cnc2ccc(F)cc12. The van der Waals surface area contributed by atoms with Gasteiger partial charge in [-0.15, -0.1) is 0 Å². The summed E-state index contributed by atoms with van der Waals surface area (Å²) in [6, 6.07) is 9.60. The van der Waals surface area contributed by atoms with Crippen LogP contribution in [0.4, 0.5) is 21.7 Å². The standard InChI is InChI=1S/C28H26FN7O/c1-18-3-4-20(27(37)34-22-15-32-28(33-16-22)36-11-9-35(2)10-12-36)13-19(18)5-7-23-24-14-21(29)6-8-26(24)31-17-25(23)30/h3-4,6,8,13-17H,9-12,30H2,1-2H3,(H,34,37). The molecule has 9 heteroatoms. The molecule has 4 aromatic rings. The number of nitrogens with one attached hydrogen (secondary N) is 1. The van der Waals surface area contributed by atoms with Crippen molar-refractivity contribution in [1.82, 2.24) is 19.9 Å². The van der Waals surface area contributed by atoms with Crippen molar-refractivity contribution in [2.45, 2.75) is 6.92 Å². The van der Waals surface area contributed by atoms with E-state index in [0.29, 0.717) is 44.9 Å². The van der Waals surface area contributed by atoms with Gasteiger partial charge in [0.25, 0.3) is 5.91 Å². The minimum atomic E-state index is -0.390. The van der Waals surface area contributed by atoms with Crippen LogP contribution in [-0.4, -0.2) is 59.0 Å². The van der Waals surface area contributed by atoms with Gasteiger partial charge in [-0.2, -0.15) is 0 Å². The van der Waals surface area contributed by atoms with E-state index >= 15 is 0 Å². The molecule has 1 fully saturated rings. The van der Waals surface area contributed by atoms with Gasteiger partial charge in [-0.3, -0.25) is 9.78 Å². The van der Waals surface area contributed by atoms with Crippen molar-refractivity contribution in [3.8, 4) is 11.8 Å². The van der Waals surface area contributed by atoms with E-state index in [1.54, 1.807) is 30.6 Å². The van der Waals surface area contributed by atoms with Crippen LogP contribution >= 0.6 is 0 Å². The Morgan fingerprint density at radius 1 is 1.00 bits per heavy atom. The monoisotopic (exact) mass is 495 g/mol. The molecule has 0 bridgehead atoms. The van der Waals surface area contributed by atoms with Crippen LogP contribution in [0.5, 0.6) is 0 Å². The van der Waals surface area contributed by atoms with Gasteiger partial charge in [-0.25, -0.2) is 14.4 Å². The van der Waals surface area contributed by atoms with Crippen LogP contribution in [0.15, 0.2) is 55.0 Å². The molecule has 8 nitrogen and oxygen atoms in total.